The number of nitrogens with zero attached hydrogens (tertiary/aromatic N) is 3. The summed E-state index contributed by atoms with van der Waals surface area (Å²) in [7, 11) is 0. The quantitative estimate of drug-likeness (QED) is 0.855. The number of likely N-dealkylation sites (tertiary alicyclic amines) is 1. The zero-order valence-corrected chi connectivity index (χ0v) is 14.1. The number of benzene rings is 1. The number of rotatable bonds is 3. The fourth-order valence-electron chi connectivity index (χ4n) is 2.79. The van der Waals surface area contributed by atoms with Gasteiger partial charge in [-0.05, 0) is 37.1 Å². The van der Waals surface area contributed by atoms with E-state index in [0.29, 0.717) is 23.0 Å². The van der Waals surface area contributed by atoms with Crippen LogP contribution < -0.4 is 0 Å². The highest BCUT2D eigenvalue weighted by Crippen LogP contribution is 2.27. The van der Waals surface area contributed by atoms with Gasteiger partial charge in [-0.2, -0.15) is 4.98 Å². The molecule has 2 heterocycles. The van der Waals surface area contributed by atoms with Gasteiger partial charge in [0.2, 0.25) is 5.89 Å². The summed E-state index contributed by atoms with van der Waals surface area (Å²) in [5, 5.41) is 4.65. The van der Waals surface area contributed by atoms with Crippen LogP contribution in [0, 0.1) is 0 Å². The molecule has 0 radical (unpaired) electrons. The third kappa shape index (κ3) is 3.55. The summed E-state index contributed by atoms with van der Waals surface area (Å²) in [6.07, 6.45) is 1.90. The Labute approximate surface area is 140 Å². The molecule has 1 aromatic carbocycles. The smallest absolute Gasteiger partial charge is 0.253 e. The van der Waals surface area contributed by atoms with Gasteiger partial charge in [0.1, 0.15) is 0 Å². The Balaban J connectivity index is 1.72. The first-order valence-corrected chi connectivity index (χ1v) is 8.30. The Kier molecular flexibility index (Phi) is 4.66. The maximum Gasteiger partial charge on any atom is 0.253 e. The van der Waals surface area contributed by atoms with Gasteiger partial charge in [-0.3, -0.25) is 4.79 Å². The molecule has 0 spiro atoms. The van der Waals surface area contributed by atoms with Crippen LogP contribution in [0.1, 0.15) is 60.6 Å². The zero-order valence-electron chi connectivity index (χ0n) is 13.3. The predicted molar refractivity (Wildman–Crippen MR) is 87.7 cm³/mol. The molecule has 3 rings (SSSR count). The molecule has 0 bridgehead atoms. The largest absolute Gasteiger partial charge is 0.339 e. The first-order chi connectivity index (χ1) is 11.0. The number of piperidine rings is 1. The molecule has 6 heteroatoms. The van der Waals surface area contributed by atoms with Crippen LogP contribution in [0.4, 0.5) is 0 Å². The maximum atomic E-state index is 12.6. The highest BCUT2D eigenvalue weighted by molar-refractivity contribution is 6.30. The summed E-state index contributed by atoms with van der Waals surface area (Å²) in [6.45, 7) is 5.43. The second-order valence-corrected chi connectivity index (χ2v) is 6.68. The van der Waals surface area contributed by atoms with E-state index in [1.807, 2.05) is 18.7 Å². The first-order valence-electron chi connectivity index (χ1n) is 7.93. The van der Waals surface area contributed by atoms with Gasteiger partial charge < -0.3 is 9.42 Å². The van der Waals surface area contributed by atoms with Crippen molar-refractivity contribution in [1.29, 1.82) is 0 Å². The number of hydrogen-bond acceptors (Lipinski definition) is 4. The van der Waals surface area contributed by atoms with Crippen LogP contribution >= 0.6 is 11.6 Å². The van der Waals surface area contributed by atoms with Gasteiger partial charge in [-0.15, -0.1) is 0 Å². The van der Waals surface area contributed by atoms with Crippen LogP contribution in [0.25, 0.3) is 0 Å². The molecular weight excluding hydrogens is 314 g/mol. The zero-order chi connectivity index (χ0) is 16.4. The summed E-state index contributed by atoms with van der Waals surface area (Å²) >= 11 is 5.88. The minimum absolute atomic E-state index is 0.0231. The van der Waals surface area contributed by atoms with E-state index in [-0.39, 0.29) is 17.7 Å². The fraction of sp³-hybridized carbons (Fsp3) is 0.471. The van der Waals surface area contributed by atoms with Crippen molar-refractivity contribution in [2.45, 2.75) is 38.5 Å². The van der Waals surface area contributed by atoms with Crippen LogP contribution in [0.3, 0.4) is 0 Å². The Bertz CT molecular complexity index is 681. The topological polar surface area (TPSA) is 59.2 Å². The fourth-order valence-corrected chi connectivity index (χ4v) is 2.91. The molecular formula is C17H20ClN3O2. The second kappa shape index (κ2) is 6.71. The molecule has 23 heavy (non-hydrogen) atoms. The lowest BCUT2D eigenvalue weighted by Gasteiger charge is -2.31. The molecule has 1 aliphatic heterocycles. The Hall–Kier alpha value is -1.88. The van der Waals surface area contributed by atoms with Gasteiger partial charge in [0.25, 0.3) is 5.91 Å². The molecule has 1 atom stereocenters. The van der Waals surface area contributed by atoms with E-state index >= 15 is 0 Å². The predicted octanol–water partition coefficient (Wildman–Crippen LogP) is 3.87. The normalized spacial score (nSPS) is 18.4. The van der Waals surface area contributed by atoms with Crippen molar-refractivity contribution < 1.29 is 9.32 Å². The summed E-state index contributed by atoms with van der Waals surface area (Å²) in [5.41, 5.74) is 0.656. The van der Waals surface area contributed by atoms with Crippen molar-refractivity contribution in [2.24, 2.45) is 0 Å². The average molecular weight is 334 g/mol. The maximum absolute atomic E-state index is 12.6. The van der Waals surface area contributed by atoms with Crippen LogP contribution in [-0.4, -0.2) is 34.0 Å². The third-order valence-electron chi connectivity index (χ3n) is 4.12. The third-order valence-corrected chi connectivity index (χ3v) is 4.37. The van der Waals surface area contributed by atoms with Gasteiger partial charge in [-0.1, -0.05) is 30.6 Å². The van der Waals surface area contributed by atoms with E-state index in [9.17, 15) is 4.79 Å². The number of halogens is 1. The monoisotopic (exact) mass is 333 g/mol. The van der Waals surface area contributed by atoms with Crippen molar-refractivity contribution in [3.05, 3.63) is 46.6 Å². The van der Waals surface area contributed by atoms with Gasteiger partial charge in [0.15, 0.2) is 5.82 Å². The second-order valence-electron chi connectivity index (χ2n) is 6.24. The van der Waals surface area contributed by atoms with Crippen LogP contribution in [-0.2, 0) is 0 Å². The molecule has 0 saturated carbocycles. The standard InChI is InChI=1S/C17H20ClN3O2/c1-11(2)15-19-16(23-20-15)13-4-3-9-21(10-13)17(22)12-5-7-14(18)8-6-12/h5-8,11,13H,3-4,9-10H2,1-2H3/t13-/m0/s1. The first kappa shape index (κ1) is 16.0. The van der Waals surface area contributed by atoms with Gasteiger partial charge in [-0.25, -0.2) is 0 Å². The highest BCUT2D eigenvalue weighted by atomic mass is 35.5. The van der Waals surface area contributed by atoms with Gasteiger partial charge in [0.05, 0.1) is 5.92 Å². The van der Waals surface area contributed by atoms with E-state index in [2.05, 4.69) is 10.1 Å². The molecule has 1 amide bonds. The minimum atomic E-state index is 0.0231. The van der Waals surface area contributed by atoms with E-state index < -0.39 is 0 Å². The number of carbonyl (C=O) groups excluding carboxylic acids is 1. The SMILES string of the molecule is CC(C)c1noc([C@H]2CCCN(C(=O)c3ccc(Cl)cc3)C2)n1. The van der Waals surface area contributed by atoms with E-state index in [1.54, 1.807) is 24.3 Å². The molecule has 0 N–H and O–H groups in total. The van der Waals surface area contributed by atoms with Crippen LogP contribution in [0.5, 0.6) is 0 Å². The molecule has 1 aliphatic rings. The van der Waals surface area contributed by atoms with Crippen LogP contribution in [0.2, 0.25) is 5.02 Å². The average Bonchev–Trinajstić information content (AvgIpc) is 3.05. The lowest BCUT2D eigenvalue weighted by molar-refractivity contribution is 0.0695. The number of hydrogen-bond donors (Lipinski definition) is 0. The van der Waals surface area contributed by atoms with Gasteiger partial charge >= 0.3 is 0 Å². The highest BCUT2D eigenvalue weighted by Gasteiger charge is 2.29. The minimum Gasteiger partial charge on any atom is -0.339 e. The van der Waals surface area contributed by atoms with E-state index in [0.717, 1.165) is 25.2 Å². The Morgan fingerprint density at radius 2 is 2.09 bits per heavy atom. The number of aromatic nitrogens is 2. The summed E-state index contributed by atoms with van der Waals surface area (Å²) in [4.78, 5) is 19.0. The van der Waals surface area contributed by atoms with Gasteiger partial charge in [0, 0.05) is 29.6 Å². The van der Waals surface area contributed by atoms with E-state index in [1.165, 1.54) is 0 Å². The summed E-state index contributed by atoms with van der Waals surface area (Å²) < 4.78 is 5.40. The molecule has 1 fully saturated rings. The molecule has 0 aliphatic carbocycles. The lowest BCUT2D eigenvalue weighted by Crippen LogP contribution is -2.39. The van der Waals surface area contributed by atoms with Crippen molar-refractivity contribution in [1.82, 2.24) is 15.0 Å². The van der Waals surface area contributed by atoms with Crippen molar-refractivity contribution in [3.8, 4) is 0 Å². The summed E-state index contributed by atoms with van der Waals surface area (Å²) in [6, 6.07) is 7.00. The number of amides is 1. The molecule has 1 saturated heterocycles. The lowest BCUT2D eigenvalue weighted by atomic mass is 9.97. The molecule has 122 valence electrons. The Morgan fingerprint density at radius 1 is 1.35 bits per heavy atom. The van der Waals surface area contributed by atoms with Crippen molar-refractivity contribution in [2.75, 3.05) is 13.1 Å². The number of carbonyl (C=O) groups is 1. The van der Waals surface area contributed by atoms with E-state index in [4.69, 9.17) is 16.1 Å². The Morgan fingerprint density at radius 3 is 2.74 bits per heavy atom. The summed E-state index contributed by atoms with van der Waals surface area (Å²) in [5.74, 6) is 1.74. The van der Waals surface area contributed by atoms with Crippen molar-refractivity contribution >= 4 is 17.5 Å². The molecule has 2 aromatic rings. The van der Waals surface area contributed by atoms with Crippen LogP contribution in [0.15, 0.2) is 28.8 Å². The van der Waals surface area contributed by atoms with Crippen molar-refractivity contribution in [3.63, 3.8) is 0 Å². The molecule has 0 unspecified atom stereocenters. The molecule has 1 aromatic heterocycles. The molecule has 5 nitrogen and oxygen atoms in total.